The lowest BCUT2D eigenvalue weighted by molar-refractivity contribution is -0.121. The Morgan fingerprint density at radius 3 is 1.12 bits per heavy atom. The Labute approximate surface area is 570 Å². The molecule has 7 rings (SSSR count). The van der Waals surface area contributed by atoms with Crippen LogP contribution in [0.25, 0.3) is 0 Å². The number of nitrogens with one attached hydrogen (secondary N) is 3. The summed E-state index contributed by atoms with van der Waals surface area (Å²) in [5, 5.41) is 9.55. The number of ether oxygens (including phenoxy) is 9. The Balaban J connectivity index is 1.49. The number of hydrogen-bond acceptors (Lipinski definition) is 15. The minimum atomic E-state index is -0.841. The lowest BCUT2D eigenvalue weighted by Crippen LogP contribution is -2.34. The number of benzene rings is 5. The van der Waals surface area contributed by atoms with Crippen molar-refractivity contribution in [3.05, 3.63) is 119 Å². The number of fused-ring (bicyclic) bond motifs is 11. The fourth-order valence-electron chi connectivity index (χ4n) is 9.55. The van der Waals surface area contributed by atoms with Crippen LogP contribution < -0.4 is 53.8 Å². The van der Waals surface area contributed by atoms with Gasteiger partial charge in [0.05, 0.1) is 93.1 Å². The third-order valence-electron chi connectivity index (χ3n) is 14.8. The molecule has 0 fully saturated rings. The fourth-order valence-corrected chi connectivity index (χ4v) is 9.55. The molecule has 5 aromatic carbocycles. The molecular weight excluding hydrogens is 1210 g/mol. The number of hydrogen-bond donors (Lipinski definition) is 3. The van der Waals surface area contributed by atoms with E-state index in [2.05, 4.69) is 92.1 Å². The normalized spacial score (nSPS) is 15.0. The number of anilines is 3. The van der Waals surface area contributed by atoms with Crippen molar-refractivity contribution >= 4 is 70.5 Å². The van der Waals surface area contributed by atoms with Gasteiger partial charge in [0.25, 0.3) is 11.8 Å². The van der Waals surface area contributed by atoms with Gasteiger partial charge >= 0.3 is 0 Å². The van der Waals surface area contributed by atoms with Gasteiger partial charge in [-0.15, -0.1) is 0 Å². The molecule has 0 saturated heterocycles. The van der Waals surface area contributed by atoms with E-state index < -0.39 is 23.8 Å². The average molecular weight is 1320 g/mol. The molecule has 2 aliphatic rings. The molecule has 0 radical (unpaired) electrons. The van der Waals surface area contributed by atoms with Gasteiger partial charge in [-0.05, 0) is 126 Å². The van der Waals surface area contributed by atoms with E-state index in [-0.39, 0.29) is 52.5 Å². The molecule has 18 heteroatoms. The van der Waals surface area contributed by atoms with Gasteiger partial charge in [0.15, 0.2) is 0 Å². The van der Waals surface area contributed by atoms with Gasteiger partial charge in [-0.1, -0.05) is 141 Å². The highest BCUT2D eigenvalue weighted by molar-refractivity contribution is 6.09. The van der Waals surface area contributed by atoms with E-state index in [0.29, 0.717) is 156 Å². The van der Waals surface area contributed by atoms with Crippen molar-refractivity contribution < 1.29 is 57.0 Å². The first-order valence-corrected chi connectivity index (χ1v) is 34.5. The molecule has 5 aromatic rings. The van der Waals surface area contributed by atoms with E-state index in [1.165, 1.54) is 0 Å². The van der Waals surface area contributed by atoms with Crippen LogP contribution in [-0.4, -0.2) is 102 Å². The summed E-state index contributed by atoms with van der Waals surface area (Å²) >= 11 is 0. The number of nitrogens with zero attached hydrogens (tertiary/aromatic N) is 3. The molecule has 0 saturated carbocycles. The number of allylic oxidation sites excluding steroid dienone is 2. The van der Waals surface area contributed by atoms with Crippen molar-refractivity contribution in [3.8, 4) is 46.0 Å². The summed E-state index contributed by atoms with van der Waals surface area (Å²) in [6, 6.07) is 21.2. The zero-order valence-corrected chi connectivity index (χ0v) is 59.4. The number of carbonyl (C=O) groups excluding carboxylic acids is 3. The molecule has 0 spiro atoms. The van der Waals surface area contributed by atoms with Gasteiger partial charge in [-0.2, -0.15) is 0 Å². The molecule has 3 N–H and O–H groups in total. The Morgan fingerprint density at radius 2 is 0.750 bits per heavy atom. The largest absolute Gasteiger partial charge is 0.493 e. The molecule has 1 aliphatic carbocycles. The van der Waals surface area contributed by atoms with Crippen molar-refractivity contribution in [1.82, 2.24) is 0 Å². The van der Waals surface area contributed by atoms with Crippen molar-refractivity contribution in [2.75, 3.05) is 75.4 Å². The number of aliphatic imine (C=N–C) groups is 3. The first-order valence-electron chi connectivity index (χ1n) is 34.5. The highest BCUT2D eigenvalue weighted by Crippen LogP contribution is 2.43. The maximum Gasteiger partial charge on any atom is 0.259 e. The van der Waals surface area contributed by atoms with Gasteiger partial charge in [-0.25, -0.2) is 0 Å². The van der Waals surface area contributed by atoms with Crippen LogP contribution in [0.2, 0.25) is 0 Å². The van der Waals surface area contributed by atoms with E-state index in [9.17, 15) is 0 Å². The molecule has 2 unspecified atom stereocenters. The summed E-state index contributed by atoms with van der Waals surface area (Å²) in [7, 11) is 0. The van der Waals surface area contributed by atoms with Crippen molar-refractivity contribution in [1.29, 1.82) is 0 Å². The molecule has 1 heterocycles. The third-order valence-corrected chi connectivity index (χ3v) is 14.8. The van der Waals surface area contributed by atoms with Crippen LogP contribution in [-0.2, 0) is 9.53 Å². The van der Waals surface area contributed by atoms with Gasteiger partial charge in [0.1, 0.15) is 63.1 Å². The molecular formula is C78H104N6O12. The van der Waals surface area contributed by atoms with E-state index in [1.54, 1.807) is 79.3 Å². The maximum atomic E-state index is 15.2. The van der Waals surface area contributed by atoms with E-state index in [0.717, 1.165) is 38.5 Å². The predicted molar refractivity (Wildman–Crippen MR) is 388 cm³/mol. The summed E-state index contributed by atoms with van der Waals surface area (Å²) < 4.78 is 58.1. The van der Waals surface area contributed by atoms with Crippen LogP contribution in [0, 0.1) is 41.4 Å². The quantitative estimate of drug-likeness (QED) is 0.0367. The summed E-state index contributed by atoms with van der Waals surface area (Å²) in [6.07, 6.45) is 14.9. The zero-order valence-electron chi connectivity index (χ0n) is 59.4. The Hall–Kier alpha value is -8.64. The second-order valence-electron chi connectivity index (χ2n) is 27.0. The van der Waals surface area contributed by atoms with Gasteiger partial charge in [0.2, 0.25) is 5.91 Å². The van der Waals surface area contributed by atoms with Crippen molar-refractivity contribution in [3.63, 3.8) is 0 Å². The molecule has 18 nitrogen and oxygen atoms in total. The van der Waals surface area contributed by atoms with E-state index in [1.807, 2.05) is 58.1 Å². The topological polar surface area (TPSA) is 207 Å². The predicted octanol–water partition coefficient (Wildman–Crippen LogP) is 18.2. The second kappa shape index (κ2) is 37.6. The SMILES string of the molecule is CCCCOc1ccc2cc1C(=O)Nc1cc(c(OCC(C)C)cc1OCC(C)C)N=CC1=CC(C(=O)Nc3cc(c(OCC(C)C)cc3OCC(C)C)N=Cc3ccc(OCCCC)c(c3)C(=O)Nc3cc(c(OCC(C)C)cc3OCC(C)C)N=C2)C(OCCCC)C=C1. The van der Waals surface area contributed by atoms with Crippen LogP contribution >= 0.6 is 0 Å². The molecule has 2 atom stereocenters. The van der Waals surface area contributed by atoms with E-state index >= 15 is 14.4 Å². The molecule has 0 aromatic heterocycles. The number of unbranched alkanes of at least 4 members (excludes halogenated alkanes) is 3. The van der Waals surface area contributed by atoms with Crippen LogP contribution in [0.15, 0.2) is 112 Å². The summed E-state index contributed by atoms with van der Waals surface area (Å²) in [5.41, 5.74) is 4.46. The Kier molecular flexibility index (Phi) is 29.3. The first kappa shape index (κ1) is 74.8. The maximum absolute atomic E-state index is 15.2. The third kappa shape index (κ3) is 23.0. The zero-order chi connectivity index (χ0) is 69.3. The van der Waals surface area contributed by atoms with Crippen LogP contribution in [0.4, 0.5) is 34.1 Å². The van der Waals surface area contributed by atoms with Gasteiger partial charge in [0, 0.05) is 43.4 Å². The van der Waals surface area contributed by atoms with Crippen molar-refractivity contribution in [2.24, 2.45) is 56.4 Å². The standard InChI is InChI=1S/C78H104N6O12/c1-16-19-28-88-67-25-22-55-31-58(67)76(85)82-64-34-61(70(91-43-49(4)5)37-73(64)94-46-52(10)11)80-41-56-23-26-68(89-29-20-17-2)59(32-56)78(87)84-66-36-63(72(93-45-51(8)9)39-75(66)96-48-54(14)15)81-42-57-24-27-69(90-30-21-18-3)60(33-57)77(86)83-65-35-62(79-40-55)71(92-44-50(6)7)38-74(65)95-47-53(12)13/h22-27,31-42,49-54,58,67H,16-21,28-30,43-48H2,1-15H3,(H,82,85)(H,83,86)(H,84,87). The monoisotopic (exact) mass is 1320 g/mol. The minimum Gasteiger partial charge on any atom is -0.493 e. The van der Waals surface area contributed by atoms with Crippen LogP contribution in [0.1, 0.15) is 174 Å². The molecule has 12 bridgehead atoms. The molecule has 518 valence electrons. The smallest absolute Gasteiger partial charge is 0.259 e. The summed E-state index contributed by atoms with van der Waals surface area (Å²) in [6.45, 7) is 34.2. The lowest BCUT2D eigenvalue weighted by atomic mass is 9.92. The van der Waals surface area contributed by atoms with Crippen LogP contribution in [0.5, 0.6) is 46.0 Å². The summed E-state index contributed by atoms with van der Waals surface area (Å²) in [4.78, 5) is 60.6. The highest BCUT2D eigenvalue weighted by Gasteiger charge is 2.30. The highest BCUT2D eigenvalue weighted by atomic mass is 16.5. The Bertz CT molecular complexity index is 3550. The molecule has 1 aliphatic heterocycles. The first-order chi connectivity index (χ1) is 46.1. The van der Waals surface area contributed by atoms with Gasteiger partial charge in [-0.3, -0.25) is 29.4 Å². The van der Waals surface area contributed by atoms with E-state index in [4.69, 9.17) is 57.6 Å². The molecule has 3 amide bonds. The van der Waals surface area contributed by atoms with Crippen molar-refractivity contribution in [2.45, 2.75) is 148 Å². The summed E-state index contributed by atoms with van der Waals surface area (Å²) in [5.74, 6) is 1.88. The number of rotatable bonds is 30. The average Bonchev–Trinajstić information content (AvgIpc) is 0.823. The second-order valence-corrected chi connectivity index (χ2v) is 27.0. The number of carbonyl (C=O) groups is 3. The lowest BCUT2D eigenvalue weighted by Gasteiger charge is -2.26. The van der Waals surface area contributed by atoms with Gasteiger partial charge < -0.3 is 58.6 Å². The van der Waals surface area contributed by atoms with Crippen LogP contribution in [0.3, 0.4) is 0 Å². The molecule has 96 heavy (non-hydrogen) atoms. The number of amides is 3. The Morgan fingerprint density at radius 1 is 0.396 bits per heavy atom. The fraction of sp³-hybridized carbons (Fsp3) is 0.487. The minimum absolute atomic E-state index is 0.133.